The third-order valence-electron chi connectivity index (χ3n) is 5.96. The van der Waals surface area contributed by atoms with Crippen molar-refractivity contribution in [2.24, 2.45) is 0 Å². The molecule has 2 heterocycles. The molecule has 1 saturated heterocycles. The van der Waals surface area contributed by atoms with Gasteiger partial charge in [0.2, 0.25) is 0 Å². The molecule has 1 aliphatic rings. The molecule has 2 aromatic carbocycles. The SMILES string of the molecule is CCc1ccc(CN(Cc2cccnc2)C(=O)c2ccc(N3CCOCC3)c([N+](=O)[O-])c2)cc1. The van der Waals surface area contributed by atoms with Crippen molar-refractivity contribution in [1.29, 1.82) is 0 Å². The van der Waals surface area contributed by atoms with E-state index in [0.717, 1.165) is 17.5 Å². The molecule has 34 heavy (non-hydrogen) atoms. The number of aromatic nitrogens is 1. The Kier molecular flexibility index (Phi) is 7.49. The highest BCUT2D eigenvalue weighted by Crippen LogP contribution is 2.30. The Morgan fingerprint density at radius 3 is 2.41 bits per heavy atom. The number of nitrogens with zero attached hydrogens (tertiary/aromatic N) is 4. The van der Waals surface area contributed by atoms with Gasteiger partial charge in [0.15, 0.2) is 0 Å². The fourth-order valence-electron chi connectivity index (χ4n) is 4.07. The molecular weight excluding hydrogens is 432 g/mol. The number of morpholine rings is 1. The number of anilines is 1. The number of nitro benzene ring substituents is 1. The van der Waals surface area contributed by atoms with Crippen molar-refractivity contribution in [2.45, 2.75) is 26.4 Å². The van der Waals surface area contributed by atoms with Gasteiger partial charge in [0, 0.05) is 50.2 Å². The largest absolute Gasteiger partial charge is 0.378 e. The van der Waals surface area contributed by atoms with E-state index in [-0.39, 0.29) is 17.2 Å². The first kappa shape index (κ1) is 23.4. The van der Waals surface area contributed by atoms with Crippen LogP contribution in [0.3, 0.4) is 0 Å². The standard InChI is InChI=1S/C26H28N4O4/c1-2-20-5-7-21(8-6-20)18-29(19-22-4-3-11-27-17-22)26(31)23-9-10-24(25(16-23)30(32)33)28-12-14-34-15-13-28/h3-11,16-17H,2,12-15,18-19H2,1H3. The van der Waals surface area contributed by atoms with Crippen LogP contribution in [0.2, 0.25) is 0 Å². The highest BCUT2D eigenvalue weighted by Gasteiger charge is 2.25. The molecule has 8 heteroatoms. The number of pyridine rings is 1. The molecular formula is C26H28N4O4. The number of carbonyl (C=O) groups excluding carboxylic acids is 1. The van der Waals surface area contributed by atoms with Gasteiger partial charge in [-0.25, -0.2) is 0 Å². The second-order valence-electron chi connectivity index (χ2n) is 8.25. The lowest BCUT2D eigenvalue weighted by molar-refractivity contribution is -0.384. The molecule has 0 saturated carbocycles. The number of carbonyl (C=O) groups is 1. The van der Waals surface area contributed by atoms with Gasteiger partial charge in [-0.2, -0.15) is 0 Å². The van der Waals surface area contributed by atoms with Crippen molar-refractivity contribution in [3.8, 4) is 0 Å². The molecule has 1 aliphatic heterocycles. The van der Waals surface area contributed by atoms with E-state index < -0.39 is 4.92 Å². The van der Waals surface area contributed by atoms with E-state index in [0.29, 0.717) is 45.1 Å². The Bertz CT molecular complexity index is 1130. The molecule has 0 N–H and O–H groups in total. The van der Waals surface area contributed by atoms with E-state index in [4.69, 9.17) is 4.74 Å². The summed E-state index contributed by atoms with van der Waals surface area (Å²) in [5.41, 5.74) is 3.84. The van der Waals surface area contributed by atoms with Gasteiger partial charge >= 0.3 is 0 Å². The summed E-state index contributed by atoms with van der Waals surface area (Å²) in [5.74, 6) is -0.264. The van der Waals surface area contributed by atoms with E-state index in [1.807, 2.05) is 29.2 Å². The van der Waals surface area contributed by atoms with Gasteiger partial charge in [0.25, 0.3) is 11.6 Å². The number of hydrogen-bond donors (Lipinski definition) is 0. The third kappa shape index (κ3) is 5.58. The number of benzene rings is 2. The maximum absolute atomic E-state index is 13.6. The summed E-state index contributed by atoms with van der Waals surface area (Å²) in [5, 5.41) is 11.9. The number of nitro groups is 1. The van der Waals surface area contributed by atoms with Crippen LogP contribution in [-0.4, -0.2) is 47.0 Å². The molecule has 0 atom stereocenters. The summed E-state index contributed by atoms with van der Waals surface area (Å²) in [6.45, 7) is 5.03. The summed E-state index contributed by atoms with van der Waals surface area (Å²) in [4.78, 5) is 32.8. The van der Waals surface area contributed by atoms with Gasteiger partial charge in [-0.3, -0.25) is 19.9 Å². The predicted molar refractivity (Wildman–Crippen MR) is 130 cm³/mol. The topological polar surface area (TPSA) is 88.8 Å². The van der Waals surface area contributed by atoms with Crippen LogP contribution >= 0.6 is 0 Å². The highest BCUT2D eigenvalue weighted by molar-refractivity contribution is 5.95. The van der Waals surface area contributed by atoms with Gasteiger partial charge in [-0.15, -0.1) is 0 Å². The number of ether oxygens (including phenoxy) is 1. The number of hydrogen-bond acceptors (Lipinski definition) is 6. The fraction of sp³-hybridized carbons (Fsp3) is 0.308. The van der Waals surface area contributed by atoms with Crippen molar-refractivity contribution >= 4 is 17.3 Å². The summed E-state index contributed by atoms with van der Waals surface area (Å²) >= 11 is 0. The van der Waals surface area contributed by atoms with Gasteiger partial charge in [0.1, 0.15) is 5.69 Å². The van der Waals surface area contributed by atoms with Crippen LogP contribution in [0.25, 0.3) is 0 Å². The van der Waals surface area contributed by atoms with Crippen molar-refractivity contribution in [1.82, 2.24) is 9.88 Å². The van der Waals surface area contributed by atoms with Gasteiger partial charge in [-0.05, 0) is 41.3 Å². The smallest absolute Gasteiger partial charge is 0.293 e. The summed E-state index contributed by atoms with van der Waals surface area (Å²) in [6.07, 6.45) is 4.36. The molecule has 0 unspecified atom stereocenters. The third-order valence-corrected chi connectivity index (χ3v) is 5.96. The molecule has 1 amide bonds. The zero-order valence-electron chi connectivity index (χ0n) is 19.2. The summed E-state index contributed by atoms with van der Waals surface area (Å²) in [7, 11) is 0. The molecule has 0 radical (unpaired) electrons. The predicted octanol–water partition coefficient (Wildman–Crippen LogP) is 4.23. The van der Waals surface area contributed by atoms with Crippen LogP contribution in [0.5, 0.6) is 0 Å². The first-order valence-corrected chi connectivity index (χ1v) is 11.4. The minimum absolute atomic E-state index is 0.0682. The van der Waals surface area contributed by atoms with Crippen molar-refractivity contribution in [3.63, 3.8) is 0 Å². The van der Waals surface area contributed by atoms with Crippen molar-refractivity contribution < 1.29 is 14.5 Å². The number of rotatable bonds is 8. The van der Waals surface area contributed by atoms with Crippen LogP contribution in [-0.2, 0) is 24.2 Å². The molecule has 1 fully saturated rings. The lowest BCUT2D eigenvalue weighted by Crippen LogP contribution is -2.36. The van der Waals surface area contributed by atoms with Crippen LogP contribution in [0.1, 0.15) is 34.0 Å². The fourth-order valence-corrected chi connectivity index (χ4v) is 4.07. The highest BCUT2D eigenvalue weighted by atomic mass is 16.6. The van der Waals surface area contributed by atoms with E-state index in [2.05, 4.69) is 24.0 Å². The number of aryl methyl sites for hydroxylation is 1. The zero-order valence-corrected chi connectivity index (χ0v) is 19.2. The molecule has 0 spiro atoms. The Hall–Kier alpha value is -3.78. The van der Waals surface area contributed by atoms with Crippen LogP contribution in [0.15, 0.2) is 67.0 Å². The van der Waals surface area contributed by atoms with Crippen LogP contribution in [0, 0.1) is 10.1 Å². The maximum Gasteiger partial charge on any atom is 0.293 e. The van der Waals surface area contributed by atoms with Crippen LogP contribution < -0.4 is 4.90 Å². The van der Waals surface area contributed by atoms with Gasteiger partial charge in [0.05, 0.1) is 18.1 Å². The molecule has 3 aromatic rings. The minimum atomic E-state index is -0.420. The monoisotopic (exact) mass is 460 g/mol. The Morgan fingerprint density at radius 1 is 1.06 bits per heavy atom. The van der Waals surface area contributed by atoms with Crippen LogP contribution in [0.4, 0.5) is 11.4 Å². The van der Waals surface area contributed by atoms with Crippen molar-refractivity contribution in [2.75, 3.05) is 31.2 Å². The Balaban J connectivity index is 1.63. The van der Waals surface area contributed by atoms with Gasteiger partial charge in [-0.1, -0.05) is 37.3 Å². The molecule has 1 aromatic heterocycles. The average molecular weight is 461 g/mol. The molecule has 0 aliphatic carbocycles. The lowest BCUT2D eigenvalue weighted by atomic mass is 10.1. The Labute approximate surface area is 198 Å². The second-order valence-corrected chi connectivity index (χ2v) is 8.25. The lowest BCUT2D eigenvalue weighted by Gasteiger charge is -2.29. The summed E-state index contributed by atoms with van der Waals surface area (Å²) < 4.78 is 5.37. The van der Waals surface area contributed by atoms with E-state index in [9.17, 15) is 14.9 Å². The molecule has 176 valence electrons. The second kappa shape index (κ2) is 10.9. The van der Waals surface area contributed by atoms with Gasteiger partial charge < -0.3 is 14.5 Å². The average Bonchev–Trinajstić information content (AvgIpc) is 2.89. The maximum atomic E-state index is 13.6. The minimum Gasteiger partial charge on any atom is -0.378 e. The Morgan fingerprint density at radius 2 is 1.76 bits per heavy atom. The van der Waals surface area contributed by atoms with Crippen molar-refractivity contribution in [3.05, 3.63) is 99.4 Å². The molecule has 0 bridgehead atoms. The quantitative estimate of drug-likeness (QED) is 0.369. The molecule has 8 nitrogen and oxygen atoms in total. The van der Waals surface area contributed by atoms with E-state index >= 15 is 0 Å². The van der Waals surface area contributed by atoms with E-state index in [1.165, 1.54) is 11.6 Å². The first-order chi connectivity index (χ1) is 16.5. The first-order valence-electron chi connectivity index (χ1n) is 11.4. The summed E-state index contributed by atoms with van der Waals surface area (Å²) in [6, 6.07) is 16.6. The number of amides is 1. The normalized spacial score (nSPS) is 13.5. The van der Waals surface area contributed by atoms with E-state index in [1.54, 1.807) is 29.4 Å². The zero-order chi connectivity index (χ0) is 23.9. The molecule has 4 rings (SSSR count).